The van der Waals surface area contributed by atoms with Gasteiger partial charge in [0, 0.05) is 21.1 Å². The van der Waals surface area contributed by atoms with Gasteiger partial charge in [0.25, 0.3) is 0 Å². The molecule has 0 saturated carbocycles. The molecule has 0 aromatic carbocycles. The summed E-state index contributed by atoms with van der Waals surface area (Å²) in [6.45, 7) is 23.8. The minimum absolute atomic E-state index is 0. The molecule has 0 saturated heterocycles. The van der Waals surface area contributed by atoms with Crippen molar-refractivity contribution in [3.05, 3.63) is 6.65 Å². The summed E-state index contributed by atoms with van der Waals surface area (Å²) in [5.41, 5.74) is 8.23. The summed E-state index contributed by atoms with van der Waals surface area (Å²) in [5.74, 6) is 0. The Morgan fingerprint density at radius 2 is 0.619 bits per heavy atom. The summed E-state index contributed by atoms with van der Waals surface area (Å²) in [6, 6.07) is 0. The van der Waals surface area contributed by atoms with E-state index in [0.717, 1.165) is 0 Å². The Kier molecular flexibility index (Phi) is 25.1. The van der Waals surface area contributed by atoms with Gasteiger partial charge in [0.2, 0.25) is 0 Å². The Morgan fingerprint density at radius 3 is 0.619 bits per heavy atom. The average molecular weight is 507 g/mol. The van der Waals surface area contributed by atoms with E-state index in [1.807, 2.05) is 0 Å². The van der Waals surface area contributed by atoms with E-state index in [4.69, 9.17) is 23.9 Å². The number of hydrogen-bond acceptors (Lipinski definition) is 0. The fourth-order valence-electron chi connectivity index (χ4n) is 0. The Labute approximate surface area is 151 Å². The maximum atomic E-state index is 7.50. The second-order valence-electron chi connectivity index (χ2n) is 7.18. The van der Waals surface area contributed by atoms with Crippen LogP contribution >= 0.6 is 0 Å². The van der Waals surface area contributed by atoms with Gasteiger partial charge in [-0.15, -0.1) is 35.9 Å². The standard InChI is InChI=1S/3C5H10Si.CO.W/c3*1-5-6(2,3)4;1-2;/h3*1H,2-4H3;;. The van der Waals surface area contributed by atoms with Crippen LogP contribution in [0.5, 0.6) is 0 Å². The first-order valence-corrected chi connectivity index (χ1v) is 16.8. The third-order valence-corrected chi connectivity index (χ3v) is 3.90. The van der Waals surface area contributed by atoms with Crippen LogP contribution in [0.25, 0.3) is 0 Å². The molecule has 0 aliphatic heterocycles. The average Bonchev–Trinajstić information content (AvgIpc) is 2.30. The zero-order valence-corrected chi connectivity index (χ0v) is 21.0. The topological polar surface area (TPSA) is 19.9 Å². The summed E-state index contributed by atoms with van der Waals surface area (Å²) in [7, 11) is -3.31. The first-order chi connectivity index (χ1) is 8.68. The van der Waals surface area contributed by atoms with Crippen molar-refractivity contribution in [1.82, 2.24) is 0 Å². The van der Waals surface area contributed by atoms with Crippen molar-refractivity contribution in [3.63, 3.8) is 0 Å². The normalized spacial score (nSPS) is 8.95. The van der Waals surface area contributed by atoms with Crippen LogP contribution in [-0.2, 0) is 25.7 Å². The molecule has 0 radical (unpaired) electrons. The van der Waals surface area contributed by atoms with Crippen LogP contribution in [0.1, 0.15) is 0 Å². The summed E-state index contributed by atoms with van der Waals surface area (Å²) in [5, 5.41) is 0. The van der Waals surface area contributed by atoms with Crippen molar-refractivity contribution in [2.24, 2.45) is 0 Å². The second-order valence-corrected chi connectivity index (χ2v) is 21.5. The minimum atomic E-state index is -1.10. The molecule has 0 bridgehead atoms. The quantitative estimate of drug-likeness (QED) is 0.200. The predicted molar refractivity (Wildman–Crippen MR) is 100 cm³/mol. The van der Waals surface area contributed by atoms with Gasteiger partial charge >= 0.3 is 11.3 Å². The summed E-state index contributed by atoms with van der Waals surface area (Å²) < 4.78 is 7.50. The number of rotatable bonds is 0. The molecule has 21 heavy (non-hydrogen) atoms. The molecule has 0 amide bonds. The van der Waals surface area contributed by atoms with Gasteiger partial charge in [0.05, 0.1) is 0 Å². The van der Waals surface area contributed by atoms with Crippen LogP contribution in [0.4, 0.5) is 0 Å². The molecule has 0 N–H and O–H groups in total. The Balaban J connectivity index is -0.0000000561. The smallest absolute Gasteiger partial charge is 0 e. The zero-order valence-electron chi connectivity index (χ0n) is 15.0. The van der Waals surface area contributed by atoms with E-state index in [0.29, 0.717) is 0 Å². The van der Waals surface area contributed by atoms with E-state index in [2.05, 4.69) is 82.2 Å². The van der Waals surface area contributed by atoms with Crippen molar-refractivity contribution in [2.75, 3.05) is 0 Å². The van der Waals surface area contributed by atoms with E-state index in [1.54, 1.807) is 0 Å². The van der Waals surface area contributed by atoms with Gasteiger partial charge in [-0.1, -0.05) is 58.9 Å². The van der Waals surface area contributed by atoms with Gasteiger partial charge in [0.1, 0.15) is 24.2 Å². The Hall–Kier alpha value is -0.241. The molecule has 118 valence electrons. The molecule has 0 fully saturated rings. The molecule has 0 aliphatic rings. The van der Waals surface area contributed by atoms with Crippen LogP contribution in [0.15, 0.2) is 0 Å². The molecule has 5 heteroatoms. The van der Waals surface area contributed by atoms with Crippen molar-refractivity contribution in [1.29, 1.82) is 0 Å². The van der Waals surface area contributed by atoms with E-state index in [1.165, 1.54) is 0 Å². The largest absolute Gasteiger partial charge is 0 e. The molecular weight excluding hydrogens is 476 g/mol. The summed E-state index contributed by atoms with van der Waals surface area (Å²) in [4.78, 5) is 0. The van der Waals surface area contributed by atoms with E-state index in [-0.39, 0.29) is 21.1 Å². The fraction of sp³-hybridized carbons (Fsp3) is 0.562. The van der Waals surface area contributed by atoms with Gasteiger partial charge < -0.3 is 0 Å². The van der Waals surface area contributed by atoms with Gasteiger partial charge in [-0.05, 0) is 0 Å². The minimum Gasteiger partial charge on any atom is 0 e. The van der Waals surface area contributed by atoms with Crippen LogP contribution in [0.3, 0.4) is 0 Å². The van der Waals surface area contributed by atoms with Gasteiger partial charge in [0.15, 0.2) is 0 Å². The van der Waals surface area contributed by atoms with Crippen molar-refractivity contribution < 1.29 is 25.7 Å². The van der Waals surface area contributed by atoms with E-state index < -0.39 is 24.2 Å². The van der Waals surface area contributed by atoms with Crippen molar-refractivity contribution >= 4 is 24.2 Å². The molecule has 0 aliphatic carbocycles. The first kappa shape index (κ1) is 32.6. The van der Waals surface area contributed by atoms with Crippen molar-refractivity contribution in [2.45, 2.75) is 58.9 Å². The first-order valence-electron chi connectivity index (χ1n) is 6.32. The predicted octanol–water partition coefficient (Wildman–Crippen LogP) is 4.45. The zero-order chi connectivity index (χ0) is 17.6. The third-order valence-electron chi connectivity index (χ3n) is 1.30. The fourth-order valence-corrected chi connectivity index (χ4v) is 0. The Bertz CT molecular complexity index is 317. The molecule has 0 rings (SSSR count). The molecule has 0 aromatic rings. The molecule has 0 heterocycles. The summed E-state index contributed by atoms with van der Waals surface area (Å²) >= 11 is 0. The van der Waals surface area contributed by atoms with Crippen LogP contribution in [0, 0.1) is 42.6 Å². The van der Waals surface area contributed by atoms with Gasteiger partial charge in [-0.2, -0.15) is 0 Å². The van der Waals surface area contributed by atoms with Gasteiger partial charge in [-0.25, -0.2) is 0 Å². The van der Waals surface area contributed by atoms with Crippen LogP contribution < -0.4 is 0 Å². The van der Waals surface area contributed by atoms with Crippen LogP contribution in [-0.4, -0.2) is 24.2 Å². The number of hydrogen-bond donors (Lipinski definition) is 0. The SMILES string of the molecule is C#C[Si](C)(C)C.C#C[Si](C)(C)C.C#C[Si](C)(C)C.[C-]#[O+].[W]. The molecular formula is C16H30OSi3W. The molecule has 1 nitrogen and oxygen atoms in total. The van der Waals surface area contributed by atoms with Crippen LogP contribution in [0.2, 0.25) is 58.9 Å². The molecule has 0 aromatic heterocycles. The number of terminal acetylenes is 3. The third kappa shape index (κ3) is 81.2. The van der Waals surface area contributed by atoms with Gasteiger partial charge in [-0.3, -0.25) is 0 Å². The maximum Gasteiger partial charge on any atom is 0 e. The van der Waals surface area contributed by atoms with E-state index in [9.17, 15) is 0 Å². The summed E-state index contributed by atoms with van der Waals surface area (Å²) in [6.07, 6.45) is 15.4. The van der Waals surface area contributed by atoms with E-state index >= 15 is 0 Å². The molecule has 0 atom stereocenters. The maximum absolute atomic E-state index is 7.50. The molecule has 0 unspecified atom stereocenters. The second kappa shape index (κ2) is 16.1. The molecule has 0 spiro atoms. The monoisotopic (exact) mass is 506 g/mol. The Morgan fingerprint density at radius 1 is 0.571 bits per heavy atom. The van der Waals surface area contributed by atoms with Crippen molar-refractivity contribution in [3.8, 4) is 35.9 Å².